The van der Waals surface area contributed by atoms with E-state index in [1.807, 2.05) is 0 Å². The Morgan fingerprint density at radius 2 is 1.77 bits per heavy atom. The Balaban J connectivity index is 1.76. The van der Waals surface area contributed by atoms with Crippen LogP contribution in [0.5, 0.6) is 5.75 Å². The highest BCUT2D eigenvalue weighted by Gasteiger charge is 2.40. The number of hydrogen-bond donors (Lipinski definition) is 3. The van der Waals surface area contributed by atoms with Crippen LogP contribution >= 0.6 is 0 Å². The molecule has 0 aliphatic carbocycles. The molecule has 3 rings (SSSR count). The fraction of sp³-hybridized carbons (Fsp3) is 0.316. The van der Waals surface area contributed by atoms with E-state index in [2.05, 4.69) is 0 Å². The first-order valence-electron chi connectivity index (χ1n) is 9.14. The summed E-state index contributed by atoms with van der Waals surface area (Å²) in [5.74, 6) is -5.11. The average molecular weight is 460 g/mol. The number of benzene rings is 2. The number of aliphatic hydroxyl groups excluding tert-OH is 1. The number of nitrogens with zero attached hydrogens (tertiary/aromatic N) is 1. The maximum atomic E-state index is 13.7. The van der Waals surface area contributed by atoms with E-state index in [9.17, 15) is 31.5 Å². The van der Waals surface area contributed by atoms with Crippen molar-refractivity contribution in [3.63, 3.8) is 0 Å². The van der Waals surface area contributed by atoms with Crippen LogP contribution < -0.4 is 10.2 Å². The molecule has 0 spiro atoms. The third-order valence-corrected chi connectivity index (χ3v) is 6.75. The summed E-state index contributed by atoms with van der Waals surface area (Å²) in [4.78, 5) is 11.7. The smallest absolute Gasteiger partial charge is 0.261 e. The third kappa shape index (κ3) is 4.82. The van der Waals surface area contributed by atoms with Crippen LogP contribution in [0.1, 0.15) is 18.4 Å². The van der Waals surface area contributed by atoms with Crippen LogP contribution in [0.4, 0.5) is 13.2 Å². The molecule has 2 aromatic rings. The van der Waals surface area contributed by atoms with Gasteiger partial charge in [-0.1, -0.05) is 0 Å². The summed E-state index contributed by atoms with van der Waals surface area (Å²) in [6, 6.07) is 5.51. The summed E-state index contributed by atoms with van der Waals surface area (Å²) in [6.07, 6.45) is -0.753. The van der Waals surface area contributed by atoms with E-state index in [0.29, 0.717) is 0 Å². The van der Waals surface area contributed by atoms with E-state index in [4.69, 9.17) is 9.94 Å². The van der Waals surface area contributed by atoms with Gasteiger partial charge in [0, 0.05) is 12.1 Å². The molecule has 12 heteroatoms. The Kier molecular flexibility index (Phi) is 6.84. The van der Waals surface area contributed by atoms with Gasteiger partial charge in [-0.3, -0.25) is 10.0 Å². The van der Waals surface area contributed by atoms with Crippen molar-refractivity contribution in [2.75, 3.05) is 6.54 Å². The number of piperidine rings is 1. The number of amides is 1. The minimum Gasteiger partial charge on any atom is -0.489 e. The number of rotatable bonds is 6. The van der Waals surface area contributed by atoms with E-state index >= 15 is 0 Å². The Morgan fingerprint density at radius 1 is 1.10 bits per heavy atom. The molecule has 2 unspecified atom stereocenters. The molecule has 3 N–H and O–H groups in total. The molecule has 0 aromatic heterocycles. The zero-order valence-corrected chi connectivity index (χ0v) is 16.8. The Bertz CT molecular complexity index is 1070. The van der Waals surface area contributed by atoms with Crippen LogP contribution in [0.15, 0.2) is 41.3 Å². The second-order valence-electron chi connectivity index (χ2n) is 6.89. The highest BCUT2D eigenvalue weighted by molar-refractivity contribution is 7.89. The highest BCUT2D eigenvalue weighted by Crippen LogP contribution is 2.27. The van der Waals surface area contributed by atoms with Gasteiger partial charge < -0.3 is 9.84 Å². The van der Waals surface area contributed by atoms with Crippen molar-refractivity contribution in [2.45, 2.75) is 36.5 Å². The molecule has 2 atom stereocenters. The van der Waals surface area contributed by atoms with Crippen molar-refractivity contribution in [2.24, 2.45) is 0 Å². The summed E-state index contributed by atoms with van der Waals surface area (Å²) < 4.78 is 72.0. The monoisotopic (exact) mass is 460 g/mol. The number of nitrogens with one attached hydrogen (secondary N) is 1. The van der Waals surface area contributed by atoms with E-state index in [0.717, 1.165) is 16.4 Å². The summed E-state index contributed by atoms with van der Waals surface area (Å²) in [6.45, 7) is -0.750. The second kappa shape index (κ2) is 9.22. The van der Waals surface area contributed by atoms with Crippen LogP contribution in [0, 0.1) is 17.5 Å². The van der Waals surface area contributed by atoms with Gasteiger partial charge in [0.1, 0.15) is 18.4 Å². The van der Waals surface area contributed by atoms with E-state index < -0.39 is 52.1 Å². The Hall–Kier alpha value is -2.67. The molecule has 0 radical (unpaired) electrons. The topological polar surface area (TPSA) is 116 Å². The predicted molar refractivity (Wildman–Crippen MR) is 99.9 cm³/mol. The molecule has 1 aliphatic rings. The summed E-state index contributed by atoms with van der Waals surface area (Å²) in [7, 11) is -4.21. The summed E-state index contributed by atoms with van der Waals surface area (Å²) in [5.41, 5.74) is 1.20. The molecular formula is C19H19F3N2O6S. The van der Waals surface area contributed by atoms with Crippen LogP contribution in [0.25, 0.3) is 0 Å². The SMILES string of the molecule is O=C(NO)C1CCC(O)CN1S(=O)(=O)c1ccc(OCc2ccc(F)c(F)c2F)cc1. The lowest BCUT2D eigenvalue weighted by Gasteiger charge is -2.35. The third-order valence-electron chi connectivity index (χ3n) is 4.86. The molecular weight excluding hydrogens is 441 g/mol. The van der Waals surface area contributed by atoms with Gasteiger partial charge in [0.05, 0.1) is 11.0 Å². The maximum Gasteiger partial charge on any atom is 0.261 e. The van der Waals surface area contributed by atoms with Crippen molar-refractivity contribution in [1.82, 2.24) is 9.79 Å². The van der Waals surface area contributed by atoms with Gasteiger partial charge in [0.2, 0.25) is 10.0 Å². The Morgan fingerprint density at radius 3 is 2.42 bits per heavy atom. The van der Waals surface area contributed by atoms with Crippen LogP contribution in [-0.2, 0) is 21.4 Å². The molecule has 1 aliphatic heterocycles. The van der Waals surface area contributed by atoms with Gasteiger partial charge in [-0.05, 0) is 49.2 Å². The minimum absolute atomic E-state index is 0.0216. The van der Waals surface area contributed by atoms with Gasteiger partial charge in [0.25, 0.3) is 5.91 Å². The van der Waals surface area contributed by atoms with Crippen molar-refractivity contribution < 1.29 is 41.4 Å². The average Bonchev–Trinajstić information content (AvgIpc) is 2.76. The molecule has 168 valence electrons. The summed E-state index contributed by atoms with van der Waals surface area (Å²) >= 11 is 0. The van der Waals surface area contributed by atoms with Gasteiger partial charge in [0.15, 0.2) is 17.5 Å². The summed E-state index contributed by atoms with van der Waals surface area (Å²) in [5, 5.41) is 18.7. The fourth-order valence-corrected chi connectivity index (χ4v) is 4.86. The number of hydrogen-bond acceptors (Lipinski definition) is 6. The van der Waals surface area contributed by atoms with Crippen LogP contribution in [0.2, 0.25) is 0 Å². The lowest BCUT2D eigenvalue weighted by molar-refractivity contribution is -0.135. The molecule has 0 saturated carbocycles. The number of β-amino-alcohol motifs (C(OH)–C–C–N with tert-alkyl or cyclic N) is 1. The molecule has 1 heterocycles. The van der Waals surface area contributed by atoms with Crippen LogP contribution in [-0.4, -0.2) is 47.6 Å². The van der Waals surface area contributed by atoms with Crippen molar-refractivity contribution >= 4 is 15.9 Å². The van der Waals surface area contributed by atoms with Gasteiger partial charge >= 0.3 is 0 Å². The first kappa shape index (κ1) is 23.0. The standard InChI is InChI=1S/C19H19F3N2O6S/c20-15-7-1-11(17(21)18(15)22)10-30-13-3-5-14(6-4-13)31(28,29)24-9-12(25)2-8-16(24)19(26)23-27/h1,3-7,12,16,25,27H,2,8-10H2,(H,23,26). The number of sulfonamides is 1. The molecule has 1 saturated heterocycles. The zero-order chi connectivity index (χ0) is 22.8. The minimum atomic E-state index is -4.21. The maximum absolute atomic E-state index is 13.7. The molecule has 0 bridgehead atoms. The van der Waals surface area contributed by atoms with Crippen LogP contribution in [0.3, 0.4) is 0 Å². The normalized spacial score (nSPS) is 19.8. The molecule has 31 heavy (non-hydrogen) atoms. The largest absolute Gasteiger partial charge is 0.489 e. The van der Waals surface area contributed by atoms with Crippen molar-refractivity contribution in [3.8, 4) is 5.75 Å². The van der Waals surface area contributed by atoms with Gasteiger partial charge in [-0.2, -0.15) is 4.31 Å². The van der Waals surface area contributed by atoms with Crippen molar-refractivity contribution in [1.29, 1.82) is 0 Å². The fourth-order valence-electron chi connectivity index (χ4n) is 3.20. The number of aliphatic hydroxyl groups is 1. The Labute approximate surface area is 175 Å². The van der Waals surface area contributed by atoms with E-state index in [1.54, 1.807) is 0 Å². The highest BCUT2D eigenvalue weighted by atomic mass is 32.2. The predicted octanol–water partition coefficient (Wildman–Crippen LogP) is 1.70. The van der Waals surface area contributed by atoms with E-state index in [1.165, 1.54) is 29.7 Å². The number of ether oxygens (including phenoxy) is 1. The lowest BCUT2D eigenvalue weighted by atomic mass is 10.0. The van der Waals surface area contributed by atoms with Gasteiger partial charge in [-0.25, -0.2) is 27.1 Å². The first-order chi connectivity index (χ1) is 14.6. The molecule has 1 fully saturated rings. The quantitative estimate of drug-likeness (QED) is 0.343. The number of halogens is 3. The molecule has 2 aromatic carbocycles. The second-order valence-corrected chi connectivity index (χ2v) is 8.78. The van der Waals surface area contributed by atoms with Crippen molar-refractivity contribution in [3.05, 3.63) is 59.4 Å². The zero-order valence-electron chi connectivity index (χ0n) is 16.0. The first-order valence-corrected chi connectivity index (χ1v) is 10.6. The lowest BCUT2D eigenvalue weighted by Crippen LogP contribution is -2.54. The number of carbonyl (C=O) groups is 1. The van der Waals surface area contributed by atoms with Gasteiger partial charge in [-0.15, -0.1) is 0 Å². The molecule has 8 nitrogen and oxygen atoms in total. The number of hydroxylamine groups is 1. The molecule has 1 amide bonds. The van der Waals surface area contributed by atoms with E-state index in [-0.39, 0.29) is 35.6 Å². The number of carbonyl (C=O) groups excluding carboxylic acids is 1.